The molecule has 0 saturated heterocycles. The number of hydrogen-bond acceptors (Lipinski definition) is 4. The Morgan fingerprint density at radius 2 is 1.81 bits per heavy atom. The lowest BCUT2D eigenvalue weighted by Crippen LogP contribution is -2.22. The van der Waals surface area contributed by atoms with E-state index in [0.29, 0.717) is 22.3 Å². The van der Waals surface area contributed by atoms with Gasteiger partial charge in [0.05, 0.1) is 18.2 Å². The number of rotatable bonds is 4. The largest absolute Gasteiger partial charge is 0.465 e. The zero-order valence-corrected chi connectivity index (χ0v) is 12.9. The van der Waals surface area contributed by atoms with Gasteiger partial charge in [0.2, 0.25) is 0 Å². The second-order valence-corrected chi connectivity index (χ2v) is 5.05. The molecule has 5 nitrogen and oxygen atoms in total. The molecule has 1 aromatic heterocycles. The number of carbonyl (C=O) groups is 2. The number of nitrogens with one attached hydrogen (secondary N) is 1. The molecular formula is C15H13BrN2O3. The van der Waals surface area contributed by atoms with E-state index >= 15 is 0 Å². The first-order chi connectivity index (χ1) is 10.1. The van der Waals surface area contributed by atoms with Gasteiger partial charge in [0.15, 0.2) is 0 Å². The first-order valence-corrected chi connectivity index (χ1v) is 6.96. The number of aromatic nitrogens is 1. The molecule has 108 valence electrons. The van der Waals surface area contributed by atoms with E-state index in [2.05, 4.69) is 31.0 Å². The highest BCUT2D eigenvalue weighted by molar-refractivity contribution is 9.10. The highest BCUT2D eigenvalue weighted by Gasteiger charge is 2.07. The molecular weight excluding hydrogens is 336 g/mol. The van der Waals surface area contributed by atoms with Crippen LogP contribution in [-0.4, -0.2) is 24.0 Å². The maximum absolute atomic E-state index is 11.9. The number of ether oxygens (including phenoxy) is 1. The Hall–Kier alpha value is -2.21. The molecule has 1 N–H and O–H groups in total. The van der Waals surface area contributed by atoms with Gasteiger partial charge in [-0.25, -0.2) is 9.78 Å². The van der Waals surface area contributed by atoms with Gasteiger partial charge in [-0.15, -0.1) is 0 Å². The molecule has 0 aliphatic heterocycles. The van der Waals surface area contributed by atoms with Crippen LogP contribution in [0.15, 0.2) is 47.2 Å². The van der Waals surface area contributed by atoms with E-state index in [1.807, 2.05) is 0 Å². The van der Waals surface area contributed by atoms with Gasteiger partial charge in [-0.3, -0.25) is 4.79 Å². The Balaban J connectivity index is 1.95. The van der Waals surface area contributed by atoms with Gasteiger partial charge in [0.1, 0.15) is 4.60 Å². The van der Waals surface area contributed by atoms with Crippen molar-refractivity contribution in [2.24, 2.45) is 0 Å². The molecule has 0 bridgehead atoms. The summed E-state index contributed by atoms with van der Waals surface area (Å²) in [6.45, 7) is 0.371. The van der Waals surface area contributed by atoms with Crippen LogP contribution in [0.4, 0.5) is 0 Å². The summed E-state index contributed by atoms with van der Waals surface area (Å²) in [4.78, 5) is 27.2. The van der Waals surface area contributed by atoms with E-state index < -0.39 is 0 Å². The Morgan fingerprint density at radius 3 is 2.38 bits per heavy atom. The highest BCUT2D eigenvalue weighted by atomic mass is 79.9. The maximum atomic E-state index is 11.9. The standard InChI is InChI=1S/C15H13BrN2O3/c1-21-15(20)11-4-2-10(3-5-11)8-18-14(19)12-6-7-13(16)17-9-12/h2-7,9H,8H2,1H3,(H,18,19). The summed E-state index contributed by atoms with van der Waals surface area (Å²) in [7, 11) is 1.34. The Morgan fingerprint density at radius 1 is 1.14 bits per heavy atom. The number of carbonyl (C=O) groups excluding carboxylic acids is 2. The topological polar surface area (TPSA) is 68.3 Å². The Kier molecular flexibility index (Phi) is 5.05. The summed E-state index contributed by atoms with van der Waals surface area (Å²) < 4.78 is 5.30. The number of hydrogen-bond donors (Lipinski definition) is 1. The monoisotopic (exact) mass is 348 g/mol. The molecule has 0 unspecified atom stereocenters. The van der Waals surface area contributed by atoms with E-state index in [4.69, 9.17) is 0 Å². The van der Waals surface area contributed by atoms with Crippen LogP contribution in [0.25, 0.3) is 0 Å². The SMILES string of the molecule is COC(=O)c1ccc(CNC(=O)c2ccc(Br)nc2)cc1. The van der Waals surface area contributed by atoms with Gasteiger partial charge in [-0.2, -0.15) is 0 Å². The smallest absolute Gasteiger partial charge is 0.337 e. The minimum Gasteiger partial charge on any atom is -0.465 e. The van der Waals surface area contributed by atoms with Crippen molar-refractivity contribution in [3.8, 4) is 0 Å². The van der Waals surface area contributed by atoms with Crippen molar-refractivity contribution in [2.75, 3.05) is 7.11 Å². The third-order valence-electron chi connectivity index (χ3n) is 2.82. The molecule has 0 saturated carbocycles. The van der Waals surface area contributed by atoms with Crippen molar-refractivity contribution in [3.05, 3.63) is 63.9 Å². The number of benzene rings is 1. The van der Waals surface area contributed by atoms with Crippen molar-refractivity contribution in [1.82, 2.24) is 10.3 Å². The molecule has 2 aromatic rings. The zero-order valence-electron chi connectivity index (χ0n) is 11.3. The number of halogens is 1. The molecule has 0 fully saturated rings. The fourth-order valence-corrected chi connectivity index (χ4v) is 1.91. The molecule has 6 heteroatoms. The van der Waals surface area contributed by atoms with E-state index in [0.717, 1.165) is 5.56 Å². The average Bonchev–Trinajstić information content (AvgIpc) is 2.53. The van der Waals surface area contributed by atoms with Crippen molar-refractivity contribution in [3.63, 3.8) is 0 Å². The maximum Gasteiger partial charge on any atom is 0.337 e. The van der Waals surface area contributed by atoms with Crippen LogP contribution in [0, 0.1) is 0 Å². The van der Waals surface area contributed by atoms with Crippen molar-refractivity contribution >= 4 is 27.8 Å². The fourth-order valence-electron chi connectivity index (χ4n) is 1.67. The average molecular weight is 349 g/mol. The predicted octanol–water partition coefficient (Wildman–Crippen LogP) is 2.56. The Labute approximate surface area is 130 Å². The third-order valence-corrected chi connectivity index (χ3v) is 3.29. The normalized spacial score (nSPS) is 10.0. The van der Waals surface area contributed by atoms with Crippen molar-refractivity contribution in [1.29, 1.82) is 0 Å². The molecule has 1 aromatic carbocycles. The van der Waals surface area contributed by atoms with Gasteiger partial charge in [-0.05, 0) is 45.8 Å². The number of nitrogens with zero attached hydrogens (tertiary/aromatic N) is 1. The molecule has 1 heterocycles. The van der Waals surface area contributed by atoms with Crippen LogP contribution in [0.2, 0.25) is 0 Å². The summed E-state index contributed by atoms with van der Waals surface area (Å²) in [6.07, 6.45) is 1.50. The van der Waals surface area contributed by atoms with Crippen LogP contribution in [0.3, 0.4) is 0 Å². The van der Waals surface area contributed by atoms with Gasteiger partial charge < -0.3 is 10.1 Å². The van der Waals surface area contributed by atoms with Crippen LogP contribution < -0.4 is 5.32 Å². The van der Waals surface area contributed by atoms with E-state index in [1.165, 1.54) is 13.3 Å². The molecule has 0 atom stereocenters. The van der Waals surface area contributed by atoms with Gasteiger partial charge in [-0.1, -0.05) is 12.1 Å². The number of pyridine rings is 1. The quantitative estimate of drug-likeness (QED) is 0.681. The minimum absolute atomic E-state index is 0.202. The molecule has 0 spiro atoms. The van der Waals surface area contributed by atoms with Crippen molar-refractivity contribution in [2.45, 2.75) is 6.54 Å². The van der Waals surface area contributed by atoms with Crippen LogP contribution >= 0.6 is 15.9 Å². The molecule has 0 aliphatic carbocycles. The summed E-state index contributed by atoms with van der Waals surface area (Å²) in [6, 6.07) is 10.3. The predicted molar refractivity (Wildman–Crippen MR) is 80.9 cm³/mol. The summed E-state index contributed by atoms with van der Waals surface area (Å²) in [5.41, 5.74) is 1.86. The summed E-state index contributed by atoms with van der Waals surface area (Å²) >= 11 is 3.21. The number of methoxy groups -OCH3 is 1. The van der Waals surface area contributed by atoms with Crippen LogP contribution in [0.5, 0.6) is 0 Å². The van der Waals surface area contributed by atoms with Gasteiger partial charge in [0.25, 0.3) is 5.91 Å². The second kappa shape index (κ2) is 6.99. The van der Waals surface area contributed by atoms with Crippen LogP contribution in [-0.2, 0) is 11.3 Å². The number of amides is 1. The van der Waals surface area contributed by atoms with Crippen molar-refractivity contribution < 1.29 is 14.3 Å². The van der Waals surface area contributed by atoms with E-state index in [1.54, 1.807) is 36.4 Å². The van der Waals surface area contributed by atoms with Crippen LogP contribution in [0.1, 0.15) is 26.3 Å². The third kappa shape index (κ3) is 4.13. The zero-order chi connectivity index (χ0) is 15.2. The summed E-state index contributed by atoms with van der Waals surface area (Å²) in [5.74, 6) is -0.585. The fraction of sp³-hybridized carbons (Fsp3) is 0.133. The second-order valence-electron chi connectivity index (χ2n) is 4.24. The Bertz CT molecular complexity index is 639. The van der Waals surface area contributed by atoms with Gasteiger partial charge >= 0.3 is 5.97 Å². The highest BCUT2D eigenvalue weighted by Crippen LogP contribution is 2.08. The van der Waals surface area contributed by atoms with Gasteiger partial charge in [0, 0.05) is 12.7 Å². The number of esters is 1. The molecule has 0 aliphatic rings. The molecule has 1 amide bonds. The minimum atomic E-state index is -0.383. The first kappa shape index (κ1) is 15.2. The first-order valence-electron chi connectivity index (χ1n) is 6.17. The lowest BCUT2D eigenvalue weighted by Gasteiger charge is -2.06. The molecule has 0 radical (unpaired) electrons. The lowest BCUT2D eigenvalue weighted by atomic mass is 10.1. The molecule has 21 heavy (non-hydrogen) atoms. The van der Waals surface area contributed by atoms with E-state index in [9.17, 15) is 9.59 Å². The van der Waals surface area contributed by atoms with E-state index in [-0.39, 0.29) is 11.9 Å². The lowest BCUT2D eigenvalue weighted by molar-refractivity contribution is 0.0600. The molecule has 2 rings (SSSR count). The summed E-state index contributed by atoms with van der Waals surface area (Å²) in [5, 5.41) is 2.79.